The van der Waals surface area contributed by atoms with Crippen LogP contribution in [-0.4, -0.2) is 17.9 Å². The first-order valence-electron chi connectivity index (χ1n) is 9.89. The van der Waals surface area contributed by atoms with Gasteiger partial charge in [-0.2, -0.15) is 5.26 Å². The molecule has 1 atom stereocenters. The van der Waals surface area contributed by atoms with Gasteiger partial charge in [-0.05, 0) is 42.5 Å². The van der Waals surface area contributed by atoms with Gasteiger partial charge in [0.25, 0.3) is 5.91 Å². The summed E-state index contributed by atoms with van der Waals surface area (Å²) in [6.07, 6.45) is 1.95. The molecule has 0 saturated carbocycles. The molecule has 6 nitrogen and oxygen atoms in total. The quantitative estimate of drug-likeness (QED) is 0.464. The number of nitrogens with two attached hydrogens (primary N) is 1. The average Bonchev–Trinajstić information content (AvgIpc) is 2.71. The van der Waals surface area contributed by atoms with E-state index in [9.17, 15) is 9.59 Å². The van der Waals surface area contributed by atoms with Crippen molar-refractivity contribution in [2.75, 3.05) is 5.32 Å². The first-order valence-corrected chi connectivity index (χ1v) is 9.89. The Kier molecular flexibility index (Phi) is 8.33. The van der Waals surface area contributed by atoms with E-state index in [1.807, 2.05) is 57.2 Å². The zero-order chi connectivity index (χ0) is 22.1. The van der Waals surface area contributed by atoms with E-state index in [1.165, 1.54) is 0 Å². The Labute approximate surface area is 177 Å². The number of hydrogen-bond acceptors (Lipinski definition) is 4. The smallest absolute Gasteiger partial charge is 0.265 e. The Morgan fingerprint density at radius 1 is 1.13 bits per heavy atom. The van der Waals surface area contributed by atoms with Crippen molar-refractivity contribution >= 4 is 17.5 Å². The highest BCUT2D eigenvalue weighted by atomic mass is 16.2. The number of nitrogens with one attached hydrogen (secondary N) is 2. The van der Waals surface area contributed by atoms with E-state index in [0.717, 1.165) is 16.7 Å². The molecule has 4 N–H and O–H groups in total. The van der Waals surface area contributed by atoms with E-state index in [2.05, 4.69) is 10.6 Å². The fourth-order valence-corrected chi connectivity index (χ4v) is 2.84. The Bertz CT molecular complexity index is 956. The number of carbonyl (C=O) groups is 2. The lowest BCUT2D eigenvalue weighted by Crippen LogP contribution is -2.41. The number of carbonyl (C=O) groups excluding carboxylic acids is 2. The van der Waals surface area contributed by atoms with Gasteiger partial charge in [0.2, 0.25) is 5.91 Å². The van der Waals surface area contributed by atoms with Crippen LogP contribution in [0.4, 0.5) is 5.69 Å². The van der Waals surface area contributed by atoms with E-state index in [-0.39, 0.29) is 17.4 Å². The van der Waals surface area contributed by atoms with Crippen LogP contribution in [0, 0.1) is 24.2 Å². The highest BCUT2D eigenvalue weighted by Crippen LogP contribution is 2.14. The maximum Gasteiger partial charge on any atom is 0.265 e. The summed E-state index contributed by atoms with van der Waals surface area (Å²) in [5, 5.41) is 14.7. The zero-order valence-electron chi connectivity index (χ0n) is 17.6. The fourth-order valence-electron chi connectivity index (χ4n) is 2.84. The zero-order valence-corrected chi connectivity index (χ0v) is 17.6. The van der Waals surface area contributed by atoms with E-state index in [0.29, 0.717) is 18.7 Å². The Hall–Kier alpha value is -3.43. The third-order valence-electron chi connectivity index (χ3n) is 4.43. The molecule has 6 heteroatoms. The van der Waals surface area contributed by atoms with E-state index >= 15 is 0 Å². The first-order chi connectivity index (χ1) is 14.3. The van der Waals surface area contributed by atoms with Crippen LogP contribution in [0.1, 0.15) is 30.5 Å². The molecule has 2 amide bonds. The predicted molar refractivity (Wildman–Crippen MR) is 118 cm³/mol. The lowest BCUT2D eigenvalue weighted by Gasteiger charge is -2.13. The molecule has 30 heavy (non-hydrogen) atoms. The van der Waals surface area contributed by atoms with Crippen molar-refractivity contribution in [2.45, 2.75) is 39.8 Å². The molecule has 0 radical (unpaired) electrons. The molecule has 2 aromatic carbocycles. The summed E-state index contributed by atoms with van der Waals surface area (Å²) in [6.45, 7) is 6.23. The summed E-state index contributed by atoms with van der Waals surface area (Å²) in [5.41, 5.74) is 9.67. The predicted octanol–water partition coefficient (Wildman–Crippen LogP) is 3.23. The molecule has 0 aliphatic carbocycles. The van der Waals surface area contributed by atoms with Crippen molar-refractivity contribution in [3.8, 4) is 6.07 Å². The number of benzene rings is 2. The molecule has 0 unspecified atom stereocenters. The summed E-state index contributed by atoms with van der Waals surface area (Å²) in [5.74, 6) is -0.603. The molecular weight excluding hydrogens is 376 g/mol. The molecule has 156 valence electrons. The molecule has 0 aliphatic rings. The van der Waals surface area contributed by atoms with Crippen molar-refractivity contribution < 1.29 is 9.59 Å². The number of hydrogen-bond donors (Lipinski definition) is 3. The van der Waals surface area contributed by atoms with Crippen molar-refractivity contribution in [2.24, 2.45) is 11.7 Å². The summed E-state index contributed by atoms with van der Waals surface area (Å²) in [6, 6.07) is 16.3. The number of nitrogens with zero attached hydrogens (tertiary/aromatic N) is 1. The van der Waals surface area contributed by atoms with Gasteiger partial charge in [0.05, 0.1) is 6.04 Å². The van der Waals surface area contributed by atoms with Gasteiger partial charge >= 0.3 is 0 Å². The number of allylic oxidation sites excluding steroid dienone is 1. The van der Waals surface area contributed by atoms with Crippen molar-refractivity contribution in [3.63, 3.8) is 0 Å². The molecular formula is C24H28N4O2. The van der Waals surface area contributed by atoms with Gasteiger partial charge in [0, 0.05) is 12.2 Å². The average molecular weight is 405 g/mol. The summed E-state index contributed by atoms with van der Waals surface area (Å²) in [7, 11) is 0. The second kappa shape index (κ2) is 10.9. The number of amides is 2. The van der Waals surface area contributed by atoms with Crippen LogP contribution < -0.4 is 16.4 Å². The van der Waals surface area contributed by atoms with Crippen molar-refractivity contribution in [1.29, 1.82) is 5.26 Å². The van der Waals surface area contributed by atoms with E-state index in [1.54, 1.807) is 24.3 Å². The minimum atomic E-state index is -0.711. The SMILES string of the molecule is Cc1ccc(CNC(=O)[C@@H](N)Cc2cccc(NC(=O)C(C#N)=CC(C)C)c2)cc1. The second-order valence-corrected chi connectivity index (χ2v) is 7.60. The number of rotatable bonds is 8. The summed E-state index contributed by atoms with van der Waals surface area (Å²) < 4.78 is 0. The van der Waals surface area contributed by atoms with Gasteiger partial charge in [-0.25, -0.2) is 0 Å². The van der Waals surface area contributed by atoms with Crippen LogP contribution in [0.3, 0.4) is 0 Å². The molecule has 0 spiro atoms. The van der Waals surface area contributed by atoms with Crippen LogP contribution in [0.5, 0.6) is 0 Å². The van der Waals surface area contributed by atoms with Crippen LogP contribution >= 0.6 is 0 Å². The normalized spacial score (nSPS) is 12.2. The molecule has 0 heterocycles. The molecule has 2 rings (SSSR count). The molecule has 0 fully saturated rings. The Morgan fingerprint density at radius 3 is 2.47 bits per heavy atom. The van der Waals surface area contributed by atoms with Crippen LogP contribution in [0.15, 0.2) is 60.2 Å². The molecule has 0 bridgehead atoms. The van der Waals surface area contributed by atoms with Gasteiger partial charge in [-0.1, -0.05) is 61.9 Å². The highest BCUT2D eigenvalue weighted by molar-refractivity contribution is 6.06. The first kappa shape index (κ1) is 22.9. The lowest BCUT2D eigenvalue weighted by atomic mass is 10.0. The summed E-state index contributed by atoms with van der Waals surface area (Å²) in [4.78, 5) is 24.6. The Morgan fingerprint density at radius 2 is 1.83 bits per heavy atom. The molecule has 0 aliphatic heterocycles. The van der Waals surface area contributed by atoms with Gasteiger partial charge in [-0.15, -0.1) is 0 Å². The largest absolute Gasteiger partial charge is 0.351 e. The third kappa shape index (κ3) is 7.19. The number of aryl methyl sites for hydroxylation is 1. The second-order valence-electron chi connectivity index (χ2n) is 7.60. The van der Waals surface area contributed by atoms with Crippen molar-refractivity contribution in [3.05, 3.63) is 76.9 Å². The minimum Gasteiger partial charge on any atom is -0.351 e. The minimum absolute atomic E-state index is 0.0718. The monoisotopic (exact) mass is 404 g/mol. The van der Waals surface area contributed by atoms with E-state index in [4.69, 9.17) is 11.0 Å². The highest BCUT2D eigenvalue weighted by Gasteiger charge is 2.15. The van der Waals surface area contributed by atoms with Gasteiger partial charge < -0.3 is 16.4 Å². The summed E-state index contributed by atoms with van der Waals surface area (Å²) >= 11 is 0. The van der Waals surface area contributed by atoms with Crippen LogP contribution in [0.25, 0.3) is 0 Å². The van der Waals surface area contributed by atoms with Crippen molar-refractivity contribution in [1.82, 2.24) is 5.32 Å². The topological polar surface area (TPSA) is 108 Å². The molecule has 0 saturated heterocycles. The van der Waals surface area contributed by atoms with Crippen LogP contribution in [0.2, 0.25) is 0 Å². The standard InChI is InChI=1S/C24H28N4O2/c1-16(2)11-20(14-25)23(29)28-21-6-4-5-19(12-21)13-22(26)24(30)27-15-18-9-7-17(3)8-10-18/h4-12,16,22H,13,15,26H2,1-3H3,(H,27,30)(H,28,29)/t22-/m0/s1. The fraction of sp³-hybridized carbons (Fsp3) is 0.292. The lowest BCUT2D eigenvalue weighted by molar-refractivity contribution is -0.122. The van der Waals surface area contributed by atoms with E-state index < -0.39 is 11.9 Å². The van der Waals surface area contributed by atoms with Gasteiger partial charge in [0.1, 0.15) is 11.6 Å². The van der Waals surface area contributed by atoms with Gasteiger partial charge in [0.15, 0.2) is 0 Å². The maximum atomic E-state index is 12.3. The number of nitriles is 1. The van der Waals surface area contributed by atoms with Gasteiger partial charge in [-0.3, -0.25) is 9.59 Å². The Balaban J connectivity index is 1.95. The maximum absolute atomic E-state index is 12.3. The van der Waals surface area contributed by atoms with Crippen LogP contribution in [-0.2, 0) is 22.6 Å². The number of anilines is 1. The molecule has 0 aromatic heterocycles. The molecule has 2 aromatic rings. The third-order valence-corrected chi connectivity index (χ3v) is 4.43.